The average Bonchev–Trinajstić information content (AvgIpc) is 2.90. The molecule has 0 unspecified atom stereocenters. The maximum atomic E-state index is 5.99. The normalized spacial score (nSPS) is 12.5. The van der Waals surface area contributed by atoms with Gasteiger partial charge in [-0.3, -0.25) is 4.68 Å². The predicted octanol–water partition coefficient (Wildman–Crippen LogP) is 4.04. The van der Waals surface area contributed by atoms with E-state index < -0.39 is 0 Å². The van der Waals surface area contributed by atoms with Crippen molar-refractivity contribution in [2.45, 2.75) is 65.3 Å². The zero-order valence-electron chi connectivity index (χ0n) is 13.9. The summed E-state index contributed by atoms with van der Waals surface area (Å²) in [6.45, 7) is 8.96. The fourth-order valence-corrected chi connectivity index (χ4v) is 3.41. The fraction of sp³-hybridized carbons (Fsp3) is 0.750. The summed E-state index contributed by atoms with van der Waals surface area (Å²) in [6.07, 6.45) is 5.12. The Hall–Kier alpha value is -1.03. The number of halogens is 1. The lowest BCUT2D eigenvalue weighted by Crippen LogP contribution is -2.29. The molecule has 0 fully saturated rings. The second-order valence-corrected chi connectivity index (χ2v) is 6.74. The van der Waals surface area contributed by atoms with Crippen molar-refractivity contribution in [2.75, 3.05) is 5.88 Å². The van der Waals surface area contributed by atoms with Crippen LogP contribution in [0, 0.1) is 0 Å². The second kappa shape index (κ2) is 6.39. The van der Waals surface area contributed by atoms with Crippen molar-refractivity contribution in [2.24, 2.45) is 7.05 Å². The van der Waals surface area contributed by atoms with Gasteiger partial charge in [0.2, 0.25) is 0 Å². The van der Waals surface area contributed by atoms with Crippen molar-refractivity contribution in [1.82, 2.24) is 19.3 Å². The highest BCUT2D eigenvalue weighted by molar-refractivity contribution is 6.17. The van der Waals surface area contributed by atoms with Crippen LogP contribution in [0.1, 0.15) is 58.5 Å². The van der Waals surface area contributed by atoms with Crippen molar-refractivity contribution in [3.63, 3.8) is 0 Å². The van der Waals surface area contributed by atoms with Gasteiger partial charge in [-0.05, 0) is 26.7 Å². The Morgan fingerprint density at radius 1 is 1.14 bits per heavy atom. The van der Waals surface area contributed by atoms with E-state index in [4.69, 9.17) is 16.6 Å². The molecular weight excluding hydrogens is 284 g/mol. The van der Waals surface area contributed by atoms with Gasteiger partial charge in [-0.2, -0.15) is 5.10 Å². The molecule has 0 N–H and O–H groups in total. The highest BCUT2D eigenvalue weighted by atomic mass is 35.5. The second-order valence-electron chi connectivity index (χ2n) is 6.36. The lowest BCUT2D eigenvalue weighted by Gasteiger charge is -2.29. The molecule has 0 aliphatic rings. The third kappa shape index (κ3) is 2.96. The average molecular weight is 311 g/mol. The van der Waals surface area contributed by atoms with Crippen molar-refractivity contribution in [1.29, 1.82) is 0 Å². The first-order valence-corrected chi connectivity index (χ1v) is 8.49. The van der Waals surface area contributed by atoms with Gasteiger partial charge in [0, 0.05) is 24.9 Å². The Morgan fingerprint density at radius 3 is 2.43 bits per heavy atom. The fourth-order valence-electron chi connectivity index (χ4n) is 3.24. The first kappa shape index (κ1) is 16.3. The SMILES string of the molecule is CCCc1nn(C)c2c1nc(CCCl)n2C(C)(C)CCC. The molecule has 2 rings (SSSR count). The standard InChI is InChI=1S/C16H27ClN4/c1-6-8-12-14-15(20(5)19-12)21(13(18-14)9-11-17)16(3,4)10-7-2/h6-11H2,1-5H3. The summed E-state index contributed by atoms with van der Waals surface area (Å²) in [7, 11) is 2.02. The molecule has 2 heterocycles. The van der Waals surface area contributed by atoms with Crippen LogP contribution in [0.3, 0.4) is 0 Å². The number of aromatic nitrogens is 4. The summed E-state index contributed by atoms with van der Waals surface area (Å²) in [5.74, 6) is 1.69. The van der Waals surface area contributed by atoms with Gasteiger partial charge < -0.3 is 4.57 Å². The highest BCUT2D eigenvalue weighted by Gasteiger charge is 2.28. The molecule has 118 valence electrons. The monoisotopic (exact) mass is 310 g/mol. The molecule has 5 heteroatoms. The number of hydrogen-bond donors (Lipinski definition) is 0. The summed E-state index contributed by atoms with van der Waals surface area (Å²) in [4.78, 5) is 4.89. The molecule has 21 heavy (non-hydrogen) atoms. The lowest BCUT2D eigenvalue weighted by molar-refractivity contribution is 0.320. The molecule has 0 aliphatic carbocycles. The number of hydrogen-bond acceptors (Lipinski definition) is 2. The summed E-state index contributed by atoms with van der Waals surface area (Å²) >= 11 is 5.99. The van der Waals surface area contributed by atoms with Gasteiger partial charge in [0.15, 0.2) is 5.65 Å². The Bertz CT molecular complexity index is 609. The first-order chi connectivity index (χ1) is 9.96. The van der Waals surface area contributed by atoms with Crippen LogP contribution in [-0.2, 0) is 25.4 Å². The van der Waals surface area contributed by atoms with E-state index in [0.29, 0.717) is 5.88 Å². The topological polar surface area (TPSA) is 35.6 Å². The van der Waals surface area contributed by atoms with E-state index in [0.717, 1.165) is 54.8 Å². The largest absolute Gasteiger partial charge is 0.307 e. The van der Waals surface area contributed by atoms with Crippen LogP contribution in [0.2, 0.25) is 0 Å². The van der Waals surface area contributed by atoms with E-state index in [1.165, 1.54) is 0 Å². The third-order valence-corrected chi connectivity index (χ3v) is 4.23. The van der Waals surface area contributed by atoms with Crippen molar-refractivity contribution >= 4 is 22.8 Å². The zero-order valence-corrected chi connectivity index (χ0v) is 14.7. The van der Waals surface area contributed by atoms with Crippen LogP contribution in [0.25, 0.3) is 11.2 Å². The van der Waals surface area contributed by atoms with Gasteiger partial charge in [-0.25, -0.2) is 4.98 Å². The van der Waals surface area contributed by atoms with E-state index in [-0.39, 0.29) is 5.54 Å². The quantitative estimate of drug-likeness (QED) is 0.724. The molecule has 0 saturated heterocycles. The lowest BCUT2D eigenvalue weighted by atomic mass is 9.98. The highest BCUT2D eigenvalue weighted by Crippen LogP contribution is 2.31. The number of nitrogens with zero attached hydrogens (tertiary/aromatic N) is 4. The minimum atomic E-state index is 0.0299. The Morgan fingerprint density at radius 2 is 1.86 bits per heavy atom. The summed E-state index contributed by atoms with van der Waals surface area (Å²) in [6, 6.07) is 0. The van der Waals surface area contributed by atoms with Gasteiger partial charge >= 0.3 is 0 Å². The van der Waals surface area contributed by atoms with Crippen LogP contribution in [0.5, 0.6) is 0 Å². The van der Waals surface area contributed by atoms with E-state index >= 15 is 0 Å². The summed E-state index contributed by atoms with van der Waals surface area (Å²) in [5, 5.41) is 4.68. The van der Waals surface area contributed by atoms with E-state index in [1.807, 2.05) is 11.7 Å². The van der Waals surface area contributed by atoms with Crippen LogP contribution in [0.4, 0.5) is 0 Å². The molecule has 0 atom stereocenters. The van der Waals surface area contributed by atoms with Crippen LogP contribution in [0.15, 0.2) is 0 Å². The van der Waals surface area contributed by atoms with Crippen LogP contribution < -0.4 is 0 Å². The molecule has 0 radical (unpaired) electrons. The molecule has 0 aliphatic heterocycles. The van der Waals surface area contributed by atoms with Gasteiger partial charge in [-0.15, -0.1) is 11.6 Å². The molecule has 4 nitrogen and oxygen atoms in total. The molecule has 0 spiro atoms. The number of aryl methyl sites for hydroxylation is 3. The Labute approximate surface area is 132 Å². The molecular formula is C16H27ClN4. The molecule has 0 aromatic carbocycles. The van der Waals surface area contributed by atoms with Crippen molar-refractivity contribution in [3.8, 4) is 0 Å². The van der Waals surface area contributed by atoms with Gasteiger partial charge in [-0.1, -0.05) is 26.7 Å². The summed E-state index contributed by atoms with van der Waals surface area (Å²) in [5.41, 5.74) is 3.33. The van der Waals surface area contributed by atoms with Crippen molar-refractivity contribution in [3.05, 3.63) is 11.5 Å². The van der Waals surface area contributed by atoms with E-state index in [2.05, 4.69) is 37.4 Å². The third-order valence-electron chi connectivity index (χ3n) is 4.05. The van der Waals surface area contributed by atoms with Gasteiger partial charge in [0.1, 0.15) is 11.3 Å². The molecule has 0 bridgehead atoms. The minimum Gasteiger partial charge on any atom is -0.307 e. The van der Waals surface area contributed by atoms with Gasteiger partial charge in [0.25, 0.3) is 0 Å². The van der Waals surface area contributed by atoms with E-state index in [1.54, 1.807) is 0 Å². The minimum absolute atomic E-state index is 0.0299. The van der Waals surface area contributed by atoms with Crippen molar-refractivity contribution < 1.29 is 0 Å². The van der Waals surface area contributed by atoms with Crippen LogP contribution in [-0.4, -0.2) is 25.2 Å². The number of imidazole rings is 1. The Kier molecular flexibility index (Phi) is 4.97. The zero-order chi connectivity index (χ0) is 15.6. The predicted molar refractivity (Wildman–Crippen MR) is 89.1 cm³/mol. The first-order valence-electron chi connectivity index (χ1n) is 7.95. The molecule has 2 aromatic heterocycles. The molecule has 0 saturated carbocycles. The number of fused-ring (bicyclic) bond motifs is 1. The molecule has 0 amide bonds. The number of rotatable bonds is 7. The van der Waals surface area contributed by atoms with Gasteiger partial charge in [0.05, 0.1) is 5.69 Å². The maximum absolute atomic E-state index is 5.99. The molecule has 2 aromatic rings. The number of alkyl halides is 1. The van der Waals surface area contributed by atoms with Crippen LogP contribution >= 0.6 is 11.6 Å². The Balaban J connectivity index is 2.67. The summed E-state index contributed by atoms with van der Waals surface area (Å²) < 4.78 is 4.35. The maximum Gasteiger partial charge on any atom is 0.159 e. The van der Waals surface area contributed by atoms with E-state index in [9.17, 15) is 0 Å². The smallest absolute Gasteiger partial charge is 0.159 e.